The Hall–Kier alpha value is -3.12. The summed E-state index contributed by atoms with van der Waals surface area (Å²) in [7, 11) is 1.61. The van der Waals surface area contributed by atoms with Gasteiger partial charge in [-0.05, 0) is 29.7 Å². The molecule has 4 rings (SSSR count). The molecule has 1 aliphatic carbocycles. The van der Waals surface area contributed by atoms with Crippen LogP contribution >= 0.6 is 0 Å². The zero-order chi connectivity index (χ0) is 16.5. The summed E-state index contributed by atoms with van der Waals surface area (Å²) >= 11 is 0. The lowest BCUT2D eigenvalue weighted by Crippen LogP contribution is -2.08. The lowest BCUT2D eigenvalue weighted by Gasteiger charge is -2.09. The van der Waals surface area contributed by atoms with E-state index < -0.39 is 0 Å². The van der Waals surface area contributed by atoms with Gasteiger partial charge in [0.15, 0.2) is 5.76 Å². The molecule has 0 spiro atoms. The first-order chi connectivity index (χ1) is 11.8. The van der Waals surface area contributed by atoms with Crippen LogP contribution in [0.15, 0.2) is 53.3 Å². The maximum Gasteiger partial charge on any atom is 0.220 e. The fraction of sp³-hybridized carbons (Fsp3) is 0.111. The molecule has 0 unspecified atom stereocenters. The van der Waals surface area contributed by atoms with E-state index in [1.165, 1.54) is 5.56 Å². The monoisotopic (exact) mass is 320 g/mol. The molecule has 0 saturated heterocycles. The molecule has 2 aromatic heterocycles. The van der Waals surface area contributed by atoms with Gasteiger partial charge in [-0.15, -0.1) is 0 Å². The second-order valence-electron chi connectivity index (χ2n) is 5.46. The molecule has 1 aromatic carbocycles. The maximum absolute atomic E-state index is 5.68. The van der Waals surface area contributed by atoms with Crippen molar-refractivity contribution in [1.82, 2.24) is 15.4 Å². The van der Waals surface area contributed by atoms with E-state index in [1.54, 1.807) is 25.6 Å². The van der Waals surface area contributed by atoms with Crippen LogP contribution in [0.3, 0.4) is 0 Å². The van der Waals surface area contributed by atoms with Crippen molar-refractivity contribution in [1.29, 1.82) is 0 Å². The number of nitrogens with zero attached hydrogens (tertiary/aromatic N) is 2. The van der Waals surface area contributed by atoms with Gasteiger partial charge in [-0.25, -0.2) is 9.97 Å². The average Bonchev–Trinajstić information content (AvgIpc) is 3.22. The van der Waals surface area contributed by atoms with Crippen molar-refractivity contribution < 1.29 is 9.25 Å². The molecule has 3 aromatic rings. The van der Waals surface area contributed by atoms with Crippen LogP contribution in [0.2, 0.25) is 0 Å². The van der Waals surface area contributed by atoms with E-state index >= 15 is 0 Å². The molecular formula is C18H16N4O2. The molecule has 0 atom stereocenters. The highest BCUT2D eigenvalue weighted by molar-refractivity contribution is 5.81. The fourth-order valence-corrected chi connectivity index (χ4v) is 2.96. The highest BCUT2D eigenvalue weighted by Crippen LogP contribution is 2.35. The van der Waals surface area contributed by atoms with Gasteiger partial charge in [-0.2, -0.15) is 0 Å². The van der Waals surface area contributed by atoms with Crippen molar-refractivity contribution in [2.75, 3.05) is 12.8 Å². The summed E-state index contributed by atoms with van der Waals surface area (Å²) < 4.78 is 5.65. The second kappa shape index (κ2) is 5.82. The molecule has 0 amide bonds. The Balaban J connectivity index is 1.73. The maximum atomic E-state index is 5.68. The number of hydroxylamine groups is 1. The second-order valence-corrected chi connectivity index (χ2v) is 5.46. The van der Waals surface area contributed by atoms with E-state index in [9.17, 15) is 0 Å². The lowest BCUT2D eigenvalue weighted by atomic mass is 9.99. The number of furan rings is 1. The Bertz CT molecular complexity index is 930. The van der Waals surface area contributed by atoms with Crippen LogP contribution in [0, 0.1) is 0 Å². The Morgan fingerprint density at radius 3 is 2.96 bits per heavy atom. The molecule has 0 saturated carbocycles. The number of allylic oxidation sites excluding steroid dienone is 1. The number of rotatable bonds is 4. The Morgan fingerprint density at radius 1 is 1.21 bits per heavy atom. The van der Waals surface area contributed by atoms with Crippen LogP contribution in [-0.4, -0.2) is 17.1 Å². The predicted octanol–water partition coefficient (Wildman–Crippen LogP) is 3.03. The van der Waals surface area contributed by atoms with Crippen molar-refractivity contribution in [3.63, 3.8) is 0 Å². The van der Waals surface area contributed by atoms with Crippen LogP contribution in [0.5, 0.6) is 0 Å². The number of nitrogens with two attached hydrogens (primary N) is 1. The third-order valence-corrected chi connectivity index (χ3v) is 4.02. The highest BCUT2D eigenvalue weighted by atomic mass is 16.6. The van der Waals surface area contributed by atoms with E-state index in [4.69, 9.17) is 15.0 Å². The van der Waals surface area contributed by atoms with Crippen molar-refractivity contribution in [3.05, 3.63) is 60.0 Å². The Labute approximate surface area is 139 Å². The van der Waals surface area contributed by atoms with Gasteiger partial charge >= 0.3 is 0 Å². The molecule has 0 radical (unpaired) electrons. The van der Waals surface area contributed by atoms with Gasteiger partial charge in [0.1, 0.15) is 5.69 Å². The minimum absolute atomic E-state index is 0.225. The summed E-state index contributed by atoms with van der Waals surface area (Å²) in [4.78, 5) is 13.2. The number of nitrogen functional groups attached to an aromatic ring is 1. The highest BCUT2D eigenvalue weighted by Gasteiger charge is 2.18. The fourth-order valence-electron chi connectivity index (χ4n) is 2.96. The summed E-state index contributed by atoms with van der Waals surface area (Å²) in [6, 6.07) is 10.0. The van der Waals surface area contributed by atoms with E-state index in [0.717, 1.165) is 28.8 Å². The van der Waals surface area contributed by atoms with Crippen LogP contribution in [0.4, 0.5) is 5.95 Å². The molecule has 24 heavy (non-hydrogen) atoms. The molecule has 0 bridgehead atoms. The Kier molecular flexibility index (Phi) is 3.51. The first kappa shape index (κ1) is 14.5. The Morgan fingerprint density at radius 2 is 2.12 bits per heavy atom. The quantitative estimate of drug-likeness (QED) is 0.719. The number of benzene rings is 1. The number of aromatic nitrogens is 2. The number of hydrogen-bond acceptors (Lipinski definition) is 6. The molecule has 0 fully saturated rings. The minimum Gasteiger partial charge on any atom is -0.462 e. The summed E-state index contributed by atoms with van der Waals surface area (Å²) in [5.74, 6) is 0.911. The number of fused-ring (bicyclic) bond motifs is 1. The van der Waals surface area contributed by atoms with Crippen LogP contribution in [-0.2, 0) is 11.3 Å². The zero-order valence-corrected chi connectivity index (χ0v) is 13.1. The molecule has 2 heterocycles. The van der Waals surface area contributed by atoms with Crippen molar-refractivity contribution in [2.24, 2.45) is 0 Å². The molecule has 3 N–H and O–H groups in total. The molecular weight excluding hydrogens is 304 g/mol. The number of nitrogens with one attached hydrogen (secondary N) is 1. The summed E-state index contributed by atoms with van der Waals surface area (Å²) in [5, 5.41) is 0. The SMILES string of the molecule is CONC1=CCc2cc(-c3ccoc3-c3ccnc(N)n3)ccc21. The van der Waals surface area contributed by atoms with Gasteiger partial charge in [0.2, 0.25) is 5.95 Å². The van der Waals surface area contributed by atoms with Gasteiger partial charge < -0.3 is 10.2 Å². The third-order valence-electron chi connectivity index (χ3n) is 4.02. The molecule has 1 aliphatic rings. The lowest BCUT2D eigenvalue weighted by molar-refractivity contribution is 0.137. The molecule has 120 valence electrons. The van der Waals surface area contributed by atoms with Gasteiger partial charge in [0.25, 0.3) is 0 Å². The van der Waals surface area contributed by atoms with E-state index in [2.05, 4.69) is 39.7 Å². The van der Waals surface area contributed by atoms with Crippen molar-refractivity contribution in [3.8, 4) is 22.6 Å². The van der Waals surface area contributed by atoms with Crippen molar-refractivity contribution >= 4 is 11.6 Å². The number of anilines is 1. The first-order valence-electron chi connectivity index (χ1n) is 7.55. The smallest absolute Gasteiger partial charge is 0.220 e. The third kappa shape index (κ3) is 2.43. The molecule has 6 nitrogen and oxygen atoms in total. The topological polar surface area (TPSA) is 86.2 Å². The van der Waals surface area contributed by atoms with Gasteiger partial charge in [-0.3, -0.25) is 10.3 Å². The summed E-state index contributed by atoms with van der Waals surface area (Å²) in [6.45, 7) is 0. The molecule has 6 heteroatoms. The number of hydrogen-bond donors (Lipinski definition) is 2. The van der Waals surface area contributed by atoms with Crippen LogP contribution in [0.25, 0.3) is 28.3 Å². The molecule has 0 aliphatic heterocycles. The van der Waals surface area contributed by atoms with Gasteiger partial charge in [0.05, 0.1) is 19.1 Å². The largest absolute Gasteiger partial charge is 0.462 e. The van der Waals surface area contributed by atoms with Gasteiger partial charge in [-0.1, -0.05) is 24.3 Å². The minimum atomic E-state index is 0.225. The first-order valence-corrected chi connectivity index (χ1v) is 7.55. The van der Waals surface area contributed by atoms with Crippen LogP contribution < -0.4 is 11.2 Å². The van der Waals surface area contributed by atoms with Gasteiger partial charge in [0, 0.05) is 17.3 Å². The zero-order valence-electron chi connectivity index (χ0n) is 13.1. The normalized spacial score (nSPS) is 12.8. The standard InChI is InChI=1S/C18H16N4O2/c1-23-22-15-5-3-11-10-12(2-4-13(11)15)14-7-9-24-17(14)16-6-8-20-18(19)21-16/h2,4-10,22H,3H2,1H3,(H2,19,20,21). The van der Waals surface area contributed by atoms with Crippen LogP contribution in [0.1, 0.15) is 11.1 Å². The summed E-state index contributed by atoms with van der Waals surface area (Å²) in [6.07, 6.45) is 6.26. The summed E-state index contributed by atoms with van der Waals surface area (Å²) in [5.41, 5.74) is 14.7. The van der Waals surface area contributed by atoms with E-state index in [1.807, 2.05) is 6.07 Å². The van der Waals surface area contributed by atoms with Crippen molar-refractivity contribution in [2.45, 2.75) is 6.42 Å². The predicted molar refractivity (Wildman–Crippen MR) is 91.4 cm³/mol. The average molecular weight is 320 g/mol. The van der Waals surface area contributed by atoms with E-state index in [0.29, 0.717) is 11.5 Å². The van der Waals surface area contributed by atoms with E-state index in [-0.39, 0.29) is 5.95 Å².